The van der Waals surface area contributed by atoms with E-state index in [2.05, 4.69) is 500 Å². The molecule has 4 nitrogen and oxygen atoms in total. The lowest BCUT2D eigenvalue weighted by Gasteiger charge is -2.30. The lowest BCUT2D eigenvalue weighted by Crippen LogP contribution is -2.18. The highest BCUT2D eigenvalue weighted by atomic mass is 15.1. The minimum absolute atomic E-state index is 0.118. The molecule has 127 heavy (non-hydrogen) atoms. The predicted octanol–water partition coefficient (Wildman–Crippen LogP) is 34.5. The maximum absolute atomic E-state index is 2.47. The maximum Gasteiger partial charge on any atom is 0.0541 e. The molecule has 614 valence electrons. The number of nitrogens with zero attached hydrogens (tertiary/aromatic N) is 4. The molecule has 0 spiro atoms. The molecule has 0 saturated heterocycles. The van der Waals surface area contributed by atoms with Gasteiger partial charge in [-0.3, -0.25) is 0 Å². The lowest BCUT2D eigenvalue weighted by atomic mass is 9.82. The van der Waals surface area contributed by atoms with Gasteiger partial charge in [-0.15, -0.1) is 0 Å². The van der Waals surface area contributed by atoms with Crippen molar-refractivity contribution in [1.29, 1.82) is 0 Å². The number of para-hydroxylation sites is 3. The monoisotopic (exact) mass is 1630 g/mol. The predicted molar refractivity (Wildman–Crippen MR) is 541 cm³/mol. The molecule has 2 aromatic heterocycles. The third-order valence-corrected chi connectivity index (χ3v) is 27.7. The van der Waals surface area contributed by atoms with Gasteiger partial charge in [0.05, 0.1) is 22.1 Å². The van der Waals surface area contributed by atoms with Crippen LogP contribution in [0.2, 0.25) is 0 Å². The number of fused-ring (bicyclic) bond motifs is 12. The van der Waals surface area contributed by atoms with Crippen molar-refractivity contribution in [3.8, 4) is 100 Å². The van der Waals surface area contributed by atoms with E-state index in [4.69, 9.17) is 0 Å². The maximum atomic E-state index is 2.47. The summed E-state index contributed by atoms with van der Waals surface area (Å²) < 4.78 is 4.82. The van der Waals surface area contributed by atoms with Gasteiger partial charge in [0.1, 0.15) is 0 Å². The van der Waals surface area contributed by atoms with Crippen LogP contribution in [-0.2, 0) is 10.8 Å². The normalized spacial score (nSPS) is 13.2. The number of benzene rings is 18. The van der Waals surface area contributed by atoms with Crippen molar-refractivity contribution in [2.24, 2.45) is 0 Å². The average molecular weight is 1640 g/mol. The molecule has 0 N–H and O–H groups in total. The zero-order valence-corrected chi connectivity index (χ0v) is 73.7. The molecule has 22 rings (SSSR count). The Kier molecular flexibility index (Phi) is 20.4. The van der Waals surface area contributed by atoms with E-state index >= 15 is 0 Å². The standard InChI is InChI=1S/C70H58N2.C53H44N2/c1-7-45(2)46-21-23-47(24-22-46)48-25-27-49(28-26-48)51-31-39-67-61(41-51)62-42-52(32-40-68(62)72(67)53-15-9-8-10-16-53)50-29-33-54(34-30-50)71(55-35-37-59-57-17-11-13-19-63(57)69(3,4)65(59)43-55)56-36-38-60-58-18-12-14-20-64(58)70(5,6)66(60)44-56;1-4-38(3)39-17-19-40(20-18-39)41-21-23-42(24-22-41)44-27-33-52-50(35-44)51-36-45(28-34-53(51)55(52)49-29-15-37(2)16-30-49)43-25-31-48(32-26-43)54(46-11-7-5-8-12-46)47-13-9-6-10-14-47/h8-45H,7H2,1-6H3;5-36,38H,4H2,1-3H3. The Morgan fingerprint density at radius 2 is 0.480 bits per heavy atom. The van der Waals surface area contributed by atoms with Crippen LogP contribution in [0, 0.1) is 6.92 Å². The van der Waals surface area contributed by atoms with Gasteiger partial charge in [-0.1, -0.05) is 334 Å². The topological polar surface area (TPSA) is 16.3 Å². The molecule has 0 amide bonds. The molecule has 0 aliphatic heterocycles. The molecule has 0 fully saturated rings. The van der Waals surface area contributed by atoms with E-state index in [0.717, 1.165) is 52.7 Å². The minimum Gasteiger partial charge on any atom is -0.311 e. The van der Waals surface area contributed by atoms with Gasteiger partial charge < -0.3 is 18.9 Å². The molecule has 2 aliphatic rings. The lowest BCUT2D eigenvalue weighted by molar-refractivity contribution is 0.660. The first kappa shape index (κ1) is 79.3. The minimum atomic E-state index is -0.118. The molecule has 2 unspecified atom stereocenters. The summed E-state index contributed by atoms with van der Waals surface area (Å²) in [5, 5.41) is 4.97. The highest BCUT2D eigenvalue weighted by Gasteiger charge is 2.38. The largest absolute Gasteiger partial charge is 0.311 e. The Hall–Kier alpha value is -14.8. The molecule has 18 aromatic carbocycles. The van der Waals surface area contributed by atoms with E-state index in [1.165, 1.54) is 177 Å². The van der Waals surface area contributed by atoms with Crippen molar-refractivity contribution in [2.75, 3.05) is 9.80 Å². The van der Waals surface area contributed by atoms with E-state index in [1.807, 2.05) is 0 Å². The van der Waals surface area contributed by atoms with Gasteiger partial charge in [0.25, 0.3) is 0 Å². The van der Waals surface area contributed by atoms with Gasteiger partial charge in [-0.05, 0) is 300 Å². The van der Waals surface area contributed by atoms with E-state index in [-0.39, 0.29) is 10.8 Å². The van der Waals surface area contributed by atoms with Gasteiger partial charge in [0.15, 0.2) is 0 Å². The Morgan fingerprint density at radius 3 is 0.819 bits per heavy atom. The zero-order chi connectivity index (χ0) is 86.2. The molecule has 0 saturated carbocycles. The van der Waals surface area contributed by atoms with Gasteiger partial charge in [-0.25, -0.2) is 0 Å². The van der Waals surface area contributed by atoms with Crippen molar-refractivity contribution >= 4 is 77.7 Å². The van der Waals surface area contributed by atoms with Crippen LogP contribution < -0.4 is 9.80 Å². The quantitative estimate of drug-likeness (QED) is 0.0851. The Balaban J connectivity index is 0.000000161. The molecular formula is C123H102N4. The summed E-state index contributed by atoms with van der Waals surface area (Å²) >= 11 is 0. The van der Waals surface area contributed by atoms with Crippen LogP contribution in [0.15, 0.2) is 419 Å². The van der Waals surface area contributed by atoms with Crippen LogP contribution in [0.1, 0.15) is 119 Å². The Labute approximate surface area is 747 Å². The van der Waals surface area contributed by atoms with Crippen LogP contribution >= 0.6 is 0 Å². The third-order valence-electron chi connectivity index (χ3n) is 27.7. The van der Waals surface area contributed by atoms with E-state index in [1.54, 1.807) is 0 Å². The molecule has 2 heterocycles. The van der Waals surface area contributed by atoms with Crippen LogP contribution in [0.3, 0.4) is 0 Å². The summed E-state index contributed by atoms with van der Waals surface area (Å²) in [5.41, 5.74) is 43.2. The number of aromatic nitrogens is 2. The molecule has 0 radical (unpaired) electrons. The first-order valence-corrected chi connectivity index (χ1v) is 45.2. The van der Waals surface area contributed by atoms with Gasteiger partial charge >= 0.3 is 0 Å². The fourth-order valence-corrected chi connectivity index (χ4v) is 20.1. The van der Waals surface area contributed by atoms with Crippen LogP contribution in [0.4, 0.5) is 34.1 Å². The van der Waals surface area contributed by atoms with Crippen molar-refractivity contribution in [3.05, 3.63) is 458 Å². The summed E-state index contributed by atoms with van der Waals surface area (Å²) in [4.78, 5) is 4.77. The Bertz CT molecular complexity index is 7340. The fraction of sp³-hybridized carbons (Fsp3) is 0.122. The van der Waals surface area contributed by atoms with Crippen LogP contribution in [-0.4, -0.2) is 9.13 Å². The third kappa shape index (κ3) is 14.4. The average Bonchev–Trinajstić information content (AvgIpc) is 1.58. The van der Waals surface area contributed by atoms with Crippen molar-refractivity contribution in [3.63, 3.8) is 0 Å². The van der Waals surface area contributed by atoms with E-state index < -0.39 is 0 Å². The summed E-state index contributed by atoms with van der Waals surface area (Å²) in [7, 11) is 0. The summed E-state index contributed by atoms with van der Waals surface area (Å²) in [5.74, 6) is 1.15. The molecule has 4 heteroatoms. The highest BCUT2D eigenvalue weighted by molar-refractivity contribution is 6.13. The second-order valence-corrected chi connectivity index (χ2v) is 36.0. The van der Waals surface area contributed by atoms with Gasteiger partial charge in [-0.2, -0.15) is 0 Å². The zero-order valence-electron chi connectivity index (χ0n) is 73.7. The summed E-state index contributed by atoms with van der Waals surface area (Å²) in [6, 6.07) is 155. The smallest absolute Gasteiger partial charge is 0.0541 e. The fourth-order valence-electron chi connectivity index (χ4n) is 20.1. The van der Waals surface area contributed by atoms with Crippen molar-refractivity contribution in [2.45, 2.75) is 97.8 Å². The van der Waals surface area contributed by atoms with Crippen molar-refractivity contribution in [1.82, 2.24) is 9.13 Å². The molecule has 2 aliphatic carbocycles. The van der Waals surface area contributed by atoms with Crippen molar-refractivity contribution < 1.29 is 0 Å². The SMILES string of the molecule is CCC(C)c1ccc(-c2ccc(-c3ccc4c(c3)c3cc(-c5ccc(N(c6ccc7c(c6)C(C)(C)c6ccccc6-7)c6ccc7c(c6)C(C)(C)c6ccccc6-7)cc5)ccc3n4-c3ccccc3)cc2)cc1.CCC(C)c1ccc(-c2ccc(-c3ccc4c(c3)c3cc(-c5ccc(N(c6ccccc6)c6ccccc6)cc5)ccc3n4-c3ccc(C)cc3)cc2)cc1. The van der Waals surface area contributed by atoms with Gasteiger partial charge in [0, 0.05) is 77.9 Å². The van der Waals surface area contributed by atoms with Crippen LogP contribution in [0.5, 0.6) is 0 Å². The Morgan fingerprint density at radius 1 is 0.228 bits per heavy atom. The number of hydrogen-bond donors (Lipinski definition) is 0. The number of anilines is 6. The highest BCUT2D eigenvalue weighted by Crippen LogP contribution is 2.54. The van der Waals surface area contributed by atoms with E-state index in [0.29, 0.717) is 11.8 Å². The molecule has 2 atom stereocenters. The summed E-state index contributed by atoms with van der Waals surface area (Å²) in [6.07, 6.45) is 2.30. The summed E-state index contributed by atoms with van der Waals surface area (Å²) in [6.45, 7) is 20.7. The molecular weight excluding hydrogens is 1530 g/mol. The first-order chi connectivity index (χ1) is 62.1. The molecule has 0 bridgehead atoms. The number of hydrogen-bond acceptors (Lipinski definition) is 2. The second kappa shape index (κ2) is 32.7. The molecule has 20 aromatic rings. The second-order valence-electron chi connectivity index (χ2n) is 36.0. The first-order valence-electron chi connectivity index (χ1n) is 45.2. The van der Waals surface area contributed by atoms with Crippen LogP contribution in [0.25, 0.3) is 144 Å². The van der Waals surface area contributed by atoms with Gasteiger partial charge in [0.2, 0.25) is 0 Å². The van der Waals surface area contributed by atoms with E-state index in [9.17, 15) is 0 Å². The number of rotatable bonds is 18. The number of aryl methyl sites for hydroxylation is 1.